The molecule has 0 heterocycles. The van der Waals surface area contributed by atoms with E-state index in [-0.39, 0.29) is 25.2 Å². The predicted molar refractivity (Wildman–Crippen MR) is 361 cm³/mol. The Hall–Kier alpha value is -5.26. The molecule has 0 saturated heterocycles. The molecule has 0 spiro atoms. The fourth-order valence-corrected chi connectivity index (χ4v) is 8.53. The third kappa shape index (κ3) is 67.2. The van der Waals surface area contributed by atoms with Gasteiger partial charge in [0.25, 0.3) is 0 Å². The van der Waals surface area contributed by atoms with Gasteiger partial charge in [0.05, 0.1) is 6.61 Å². The van der Waals surface area contributed by atoms with Crippen LogP contribution in [0.3, 0.4) is 0 Å². The van der Waals surface area contributed by atoms with E-state index in [2.05, 4.69) is 208 Å². The quantitative estimate of drug-likeness (QED) is 0.0373. The zero-order chi connectivity index (χ0) is 59.1. The third-order valence-electron chi connectivity index (χ3n) is 13.4. The molecule has 0 bridgehead atoms. The van der Waals surface area contributed by atoms with Crippen molar-refractivity contribution in [3.63, 3.8) is 0 Å². The van der Waals surface area contributed by atoms with E-state index in [0.717, 1.165) is 148 Å². The topological polar surface area (TPSA) is 72.8 Å². The van der Waals surface area contributed by atoms with Crippen LogP contribution in [-0.4, -0.2) is 36.4 Å². The van der Waals surface area contributed by atoms with Crippen molar-refractivity contribution in [2.75, 3.05) is 13.2 Å². The van der Waals surface area contributed by atoms with Crippen LogP contribution in [0.5, 0.6) is 0 Å². The Morgan fingerprint density at radius 1 is 0.280 bits per heavy atom. The third-order valence-corrected chi connectivity index (χ3v) is 13.4. The highest BCUT2D eigenvalue weighted by molar-refractivity contribution is 5.70. The normalized spacial score (nSPS) is 13.5. The molecule has 5 heteroatoms. The molecule has 0 aliphatic carbocycles. The van der Waals surface area contributed by atoms with Gasteiger partial charge in [0.2, 0.25) is 0 Å². The SMILES string of the molecule is CC/C=C\C/C=C\C/C=C\C/C=C\C/C=C\C/C=C\C/C=C\C/C=C\C/C=C\C/C=C\C/C=C\CCCCCCCCCC(=O)OC(CO)COC(=O)CCCCCCCCCCCCC/C=C\C/C=C\C/C=C\C/C=C\C/C=C\CC. The largest absolute Gasteiger partial charge is 0.462 e. The summed E-state index contributed by atoms with van der Waals surface area (Å²) in [5.74, 6) is -0.617. The molecule has 0 aromatic heterocycles. The first-order valence-electron chi connectivity index (χ1n) is 33.0. The molecule has 0 aromatic rings. The Morgan fingerprint density at radius 2 is 0.488 bits per heavy atom. The van der Waals surface area contributed by atoms with Crippen molar-refractivity contribution in [3.05, 3.63) is 194 Å². The summed E-state index contributed by atoms with van der Waals surface area (Å²) in [6.07, 6.45) is 111. The first-order chi connectivity index (χ1) is 40.6. The molecular weight excluding hydrogens is 1000 g/mol. The molecule has 82 heavy (non-hydrogen) atoms. The van der Waals surface area contributed by atoms with E-state index in [1.165, 1.54) is 83.5 Å². The number of aliphatic hydroxyl groups is 1. The second-order valence-electron chi connectivity index (χ2n) is 21.1. The summed E-state index contributed by atoms with van der Waals surface area (Å²) < 4.78 is 10.7. The fraction of sp³-hybridized carbons (Fsp3) is 0.558. The molecule has 0 aliphatic heterocycles. The van der Waals surface area contributed by atoms with Gasteiger partial charge in [0.1, 0.15) is 6.61 Å². The number of rotatable bonds is 58. The Kier molecular flexibility index (Phi) is 65.5. The minimum atomic E-state index is -0.795. The molecule has 0 saturated carbocycles. The fourth-order valence-electron chi connectivity index (χ4n) is 8.53. The molecule has 0 rings (SSSR count). The van der Waals surface area contributed by atoms with E-state index in [0.29, 0.717) is 12.8 Å². The number of ether oxygens (including phenoxy) is 2. The Balaban J connectivity index is 3.62. The molecule has 1 N–H and O–H groups in total. The highest BCUT2D eigenvalue weighted by atomic mass is 16.6. The Bertz CT molecular complexity index is 1900. The van der Waals surface area contributed by atoms with Crippen molar-refractivity contribution in [1.82, 2.24) is 0 Å². The van der Waals surface area contributed by atoms with Crippen LogP contribution in [0, 0.1) is 0 Å². The molecule has 0 amide bonds. The lowest BCUT2D eigenvalue weighted by Crippen LogP contribution is -2.28. The van der Waals surface area contributed by atoms with Gasteiger partial charge >= 0.3 is 11.9 Å². The second kappa shape index (κ2) is 70.0. The standard InChI is InChI=1S/C77H120O5/c1-3-5-7-9-11-13-15-17-19-21-23-25-27-29-31-32-33-34-35-36-37-38-39-40-41-42-43-44-46-48-50-52-54-56-58-60-62-64-66-68-70-72-77(80)82-75(73-78)74-81-76(79)71-69-67-65-63-61-59-57-55-53-51-49-47-45-30-28-26-24-22-20-18-16-14-12-10-8-6-4-2/h5-8,11-14,17-20,23-26,29-31,33-34,36-37,39-40,42-43,45-46,48,52,54,75,78H,3-4,9-10,15-16,21-22,27-28,32,35,38,41,44,47,49-51,53,55-74H2,1-2H3/b7-5-,8-6-,13-11-,14-12-,19-17-,20-18-,25-23-,26-24-,31-29-,34-33-,37-36-,40-39-,43-42-,45-30-,48-46-,54-52-. The highest BCUT2D eigenvalue weighted by Gasteiger charge is 2.16. The first kappa shape index (κ1) is 76.7. The van der Waals surface area contributed by atoms with Gasteiger partial charge in [-0.1, -0.05) is 298 Å². The molecule has 458 valence electrons. The number of carbonyl (C=O) groups excluding carboxylic acids is 2. The number of hydrogen-bond donors (Lipinski definition) is 1. The summed E-state index contributed by atoms with van der Waals surface area (Å²) in [4.78, 5) is 24.6. The van der Waals surface area contributed by atoms with Gasteiger partial charge in [-0.2, -0.15) is 0 Å². The number of carbonyl (C=O) groups is 2. The van der Waals surface area contributed by atoms with Gasteiger partial charge in [-0.15, -0.1) is 0 Å². The lowest BCUT2D eigenvalue weighted by atomic mass is 10.0. The highest BCUT2D eigenvalue weighted by Crippen LogP contribution is 2.15. The van der Waals surface area contributed by atoms with Crippen LogP contribution in [0.4, 0.5) is 0 Å². The number of aliphatic hydroxyl groups excluding tert-OH is 1. The number of esters is 2. The van der Waals surface area contributed by atoms with E-state index >= 15 is 0 Å². The van der Waals surface area contributed by atoms with Gasteiger partial charge in [-0.25, -0.2) is 0 Å². The second-order valence-corrected chi connectivity index (χ2v) is 21.1. The van der Waals surface area contributed by atoms with Crippen LogP contribution in [0.2, 0.25) is 0 Å². The van der Waals surface area contributed by atoms with E-state index < -0.39 is 6.10 Å². The van der Waals surface area contributed by atoms with Crippen LogP contribution < -0.4 is 0 Å². The maximum atomic E-state index is 12.4. The number of hydrogen-bond acceptors (Lipinski definition) is 5. The minimum Gasteiger partial charge on any atom is -0.462 e. The zero-order valence-corrected chi connectivity index (χ0v) is 52.4. The van der Waals surface area contributed by atoms with Crippen LogP contribution in [0.25, 0.3) is 0 Å². The molecule has 0 aliphatic rings. The Morgan fingerprint density at radius 3 is 0.732 bits per heavy atom. The number of allylic oxidation sites excluding steroid dienone is 32. The summed E-state index contributed by atoms with van der Waals surface area (Å²) in [6, 6.07) is 0. The van der Waals surface area contributed by atoms with Gasteiger partial charge in [-0.05, 0) is 141 Å². The van der Waals surface area contributed by atoms with E-state index in [4.69, 9.17) is 9.47 Å². The maximum absolute atomic E-state index is 12.4. The molecule has 1 unspecified atom stereocenters. The summed E-state index contributed by atoms with van der Waals surface area (Å²) in [5, 5.41) is 9.69. The van der Waals surface area contributed by atoms with Crippen molar-refractivity contribution in [1.29, 1.82) is 0 Å². The van der Waals surface area contributed by atoms with Crippen LogP contribution >= 0.6 is 0 Å². The van der Waals surface area contributed by atoms with E-state index in [9.17, 15) is 14.7 Å². The van der Waals surface area contributed by atoms with Crippen LogP contribution in [0.1, 0.15) is 258 Å². The molecule has 0 fully saturated rings. The van der Waals surface area contributed by atoms with E-state index in [1.807, 2.05) is 0 Å². The van der Waals surface area contributed by atoms with Crippen molar-refractivity contribution in [3.8, 4) is 0 Å². The van der Waals surface area contributed by atoms with Gasteiger partial charge in [0.15, 0.2) is 6.10 Å². The van der Waals surface area contributed by atoms with Crippen molar-refractivity contribution >= 4 is 11.9 Å². The predicted octanol–water partition coefficient (Wildman–Crippen LogP) is 23.2. The smallest absolute Gasteiger partial charge is 0.306 e. The maximum Gasteiger partial charge on any atom is 0.306 e. The van der Waals surface area contributed by atoms with Gasteiger partial charge < -0.3 is 14.6 Å². The van der Waals surface area contributed by atoms with Crippen molar-refractivity contribution in [2.45, 2.75) is 264 Å². The zero-order valence-electron chi connectivity index (χ0n) is 52.4. The summed E-state index contributed by atoms with van der Waals surface area (Å²) >= 11 is 0. The van der Waals surface area contributed by atoms with Crippen molar-refractivity contribution < 1.29 is 24.2 Å². The first-order valence-corrected chi connectivity index (χ1v) is 33.0. The summed E-state index contributed by atoms with van der Waals surface area (Å²) in [6.45, 7) is 3.90. The lowest BCUT2D eigenvalue weighted by molar-refractivity contribution is -0.161. The monoisotopic (exact) mass is 1120 g/mol. The lowest BCUT2D eigenvalue weighted by Gasteiger charge is -2.15. The average Bonchev–Trinajstić information content (AvgIpc) is 3.49. The number of unbranched alkanes of at least 4 members (excludes halogenated alkanes) is 18. The van der Waals surface area contributed by atoms with Gasteiger partial charge in [0, 0.05) is 12.8 Å². The Labute approximate surface area is 505 Å². The van der Waals surface area contributed by atoms with Gasteiger partial charge in [-0.3, -0.25) is 9.59 Å². The minimum absolute atomic E-state index is 0.0836. The molecule has 0 aromatic carbocycles. The van der Waals surface area contributed by atoms with E-state index in [1.54, 1.807) is 0 Å². The molecule has 0 radical (unpaired) electrons. The van der Waals surface area contributed by atoms with Crippen LogP contribution in [0.15, 0.2) is 194 Å². The molecular formula is C77H120O5. The summed E-state index contributed by atoms with van der Waals surface area (Å²) in [7, 11) is 0. The molecule has 1 atom stereocenters. The van der Waals surface area contributed by atoms with Crippen molar-refractivity contribution in [2.24, 2.45) is 0 Å². The average molecular weight is 1130 g/mol. The molecule has 5 nitrogen and oxygen atoms in total. The summed E-state index contributed by atoms with van der Waals surface area (Å²) in [5.41, 5.74) is 0. The van der Waals surface area contributed by atoms with Crippen LogP contribution in [-0.2, 0) is 19.1 Å².